The van der Waals surface area contributed by atoms with Gasteiger partial charge in [0, 0.05) is 6.42 Å². The van der Waals surface area contributed by atoms with Crippen LogP contribution in [0.5, 0.6) is 0 Å². The largest absolute Gasteiger partial charge is 0.285 e. The van der Waals surface area contributed by atoms with Gasteiger partial charge in [0.1, 0.15) is 12.2 Å². The molecule has 3 rings (SSSR count). The number of fused-ring (bicyclic) bond motifs is 3. The summed E-state index contributed by atoms with van der Waals surface area (Å²) >= 11 is 0. The van der Waals surface area contributed by atoms with Crippen molar-refractivity contribution < 1.29 is 0 Å². The molecule has 13 heavy (non-hydrogen) atoms. The van der Waals surface area contributed by atoms with Crippen molar-refractivity contribution in [1.82, 2.24) is 14.8 Å². The SMILES string of the molecule is c1ccc2c(c1)CCc1nncn1-2. The number of nitrogens with zero attached hydrogens (tertiary/aromatic N) is 3. The number of aromatic nitrogens is 3. The lowest BCUT2D eigenvalue weighted by molar-refractivity contribution is 0.774. The number of rotatable bonds is 0. The Bertz CT molecular complexity index is 445. The van der Waals surface area contributed by atoms with E-state index in [1.165, 1.54) is 11.3 Å². The molecule has 2 heterocycles. The second kappa shape index (κ2) is 2.42. The minimum absolute atomic E-state index is 0.997. The van der Waals surface area contributed by atoms with Gasteiger partial charge in [0.2, 0.25) is 0 Å². The third-order valence-electron chi connectivity index (χ3n) is 2.49. The zero-order valence-electron chi connectivity index (χ0n) is 7.14. The Morgan fingerprint density at radius 3 is 3.08 bits per heavy atom. The second-order valence-corrected chi connectivity index (χ2v) is 3.25. The van der Waals surface area contributed by atoms with E-state index in [1.54, 1.807) is 6.33 Å². The summed E-state index contributed by atoms with van der Waals surface area (Å²) < 4.78 is 2.07. The monoisotopic (exact) mass is 171 g/mol. The molecule has 0 saturated heterocycles. The van der Waals surface area contributed by atoms with Crippen LogP contribution in [0.15, 0.2) is 30.6 Å². The van der Waals surface area contributed by atoms with E-state index in [0.717, 1.165) is 18.7 Å². The molecule has 0 fully saturated rings. The van der Waals surface area contributed by atoms with Crippen LogP contribution in [-0.4, -0.2) is 14.8 Å². The molecule has 0 spiro atoms. The smallest absolute Gasteiger partial charge is 0.137 e. The van der Waals surface area contributed by atoms with Gasteiger partial charge in [-0.25, -0.2) is 0 Å². The van der Waals surface area contributed by atoms with Crippen molar-refractivity contribution >= 4 is 0 Å². The van der Waals surface area contributed by atoms with Crippen LogP contribution < -0.4 is 0 Å². The van der Waals surface area contributed by atoms with Crippen LogP contribution in [0.3, 0.4) is 0 Å². The molecule has 2 aromatic rings. The predicted molar refractivity (Wildman–Crippen MR) is 48.8 cm³/mol. The summed E-state index contributed by atoms with van der Waals surface area (Å²) in [5.74, 6) is 1.07. The van der Waals surface area contributed by atoms with Crippen LogP contribution in [0.2, 0.25) is 0 Å². The average molecular weight is 171 g/mol. The lowest BCUT2D eigenvalue weighted by Crippen LogP contribution is -2.11. The van der Waals surface area contributed by atoms with Crippen LogP contribution >= 0.6 is 0 Å². The second-order valence-electron chi connectivity index (χ2n) is 3.25. The number of para-hydroxylation sites is 1. The van der Waals surface area contributed by atoms with Crippen molar-refractivity contribution in [3.05, 3.63) is 42.0 Å². The standard InChI is InChI=1S/C10H9N3/c1-2-4-9-8(3-1)5-6-10-12-11-7-13(9)10/h1-4,7H,5-6H2. The third kappa shape index (κ3) is 0.900. The Morgan fingerprint density at radius 1 is 1.15 bits per heavy atom. The van der Waals surface area contributed by atoms with Gasteiger partial charge in [0.25, 0.3) is 0 Å². The fourth-order valence-corrected chi connectivity index (χ4v) is 1.83. The zero-order chi connectivity index (χ0) is 8.67. The number of benzene rings is 1. The predicted octanol–water partition coefficient (Wildman–Crippen LogP) is 1.37. The summed E-state index contributed by atoms with van der Waals surface area (Å²) in [5, 5.41) is 7.98. The highest BCUT2D eigenvalue weighted by Gasteiger charge is 2.15. The highest BCUT2D eigenvalue weighted by molar-refractivity contribution is 5.43. The maximum Gasteiger partial charge on any atom is 0.137 e. The molecule has 64 valence electrons. The Balaban J connectivity index is 2.30. The fourth-order valence-electron chi connectivity index (χ4n) is 1.83. The average Bonchev–Trinajstić information content (AvgIpc) is 2.65. The van der Waals surface area contributed by atoms with Crippen molar-refractivity contribution in [2.75, 3.05) is 0 Å². The molecule has 0 unspecified atom stereocenters. The van der Waals surface area contributed by atoms with Crippen LogP contribution in [0, 0.1) is 0 Å². The first-order valence-electron chi connectivity index (χ1n) is 4.42. The number of hydrogen-bond donors (Lipinski definition) is 0. The molecule has 0 saturated carbocycles. The number of aryl methyl sites for hydroxylation is 2. The van der Waals surface area contributed by atoms with Gasteiger partial charge in [0.05, 0.1) is 5.69 Å². The highest BCUT2D eigenvalue weighted by Crippen LogP contribution is 2.22. The lowest BCUT2D eigenvalue weighted by atomic mass is 10.0. The van der Waals surface area contributed by atoms with Crippen LogP contribution in [0.25, 0.3) is 5.69 Å². The van der Waals surface area contributed by atoms with Gasteiger partial charge in [-0.1, -0.05) is 18.2 Å². The molecule has 0 amide bonds. The first kappa shape index (κ1) is 6.83. The summed E-state index contributed by atoms with van der Waals surface area (Å²) in [7, 11) is 0. The lowest BCUT2D eigenvalue weighted by Gasteiger charge is -2.16. The first-order chi connectivity index (χ1) is 6.45. The molecule has 0 aliphatic carbocycles. The van der Waals surface area contributed by atoms with E-state index >= 15 is 0 Å². The highest BCUT2D eigenvalue weighted by atomic mass is 15.3. The van der Waals surface area contributed by atoms with E-state index in [0.29, 0.717) is 0 Å². The molecule has 0 N–H and O–H groups in total. The summed E-state index contributed by atoms with van der Waals surface area (Å²) in [6.45, 7) is 0. The topological polar surface area (TPSA) is 30.7 Å². The van der Waals surface area contributed by atoms with Gasteiger partial charge in [-0.05, 0) is 18.1 Å². The zero-order valence-corrected chi connectivity index (χ0v) is 7.14. The molecular weight excluding hydrogens is 162 g/mol. The summed E-state index contributed by atoms with van der Waals surface area (Å²) in [5.41, 5.74) is 2.61. The maximum atomic E-state index is 4.07. The Kier molecular flexibility index (Phi) is 1.27. The van der Waals surface area contributed by atoms with E-state index in [-0.39, 0.29) is 0 Å². The minimum atomic E-state index is 0.997. The van der Waals surface area contributed by atoms with Crippen molar-refractivity contribution in [3.63, 3.8) is 0 Å². The molecule has 0 atom stereocenters. The number of hydrogen-bond acceptors (Lipinski definition) is 2. The Morgan fingerprint density at radius 2 is 2.08 bits per heavy atom. The molecule has 3 heteroatoms. The van der Waals surface area contributed by atoms with Crippen molar-refractivity contribution in [2.45, 2.75) is 12.8 Å². The van der Waals surface area contributed by atoms with Gasteiger partial charge in [0.15, 0.2) is 0 Å². The van der Waals surface area contributed by atoms with Crippen LogP contribution in [0.1, 0.15) is 11.4 Å². The summed E-state index contributed by atoms with van der Waals surface area (Å²) in [4.78, 5) is 0. The van der Waals surface area contributed by atoms with Gasteiger partial charge < -0.3 is 0 Å². The van der Waals surface area contributed by atoms with Crippen LogP contribution in [0.4, 0.5) is 0 Å². The molecule has 0 bridgehead atoms. The normalized spacial score (nSPS) is 13.5. The van der Waals surface area contributed by atoms with E-state index < -0.39 is 0 Å². The van der Waals surface area contributed by atoms with E-state index in [4.69, 9.17) is 0 Å². The van der Waals surface area contributed by atoms with Crippen molar-refractivity contribution in [1.29, 1.82) is 0 Å². The maximum absolute atomic E-state index is 4.07. The molecule has 3 nitrogen and oxygen atoms in total. The third-order valence-corrected chi connectivity index (χ3v) is 2.49. The fraction of sp³-hybridized carbons (Fsp3) is 0.200. The molecule has 1 aliphatic heterocycles. The Hall–Kier alpha value is -1.64. The van der Waals surface area contributed by atoms with Gasteiger partial charge >= 0.3 is 0 Å². The van der Waals surface area contributed by atoms with Crippen LogP contribution in [-0.2, 0) is 12.8 Å². The summed E-state index contributed by atoms with van der Waals surface area (Å²) in [6.07, 6.45) is 3.86. The van der Waals surface area contributed by atoms with E-state index in [1.807, 2.05) is 6.07 Å². The molecule has 1 aromatic carbocycles. The quantitative estimate of drug-likeness (QED) is 0.599. The summed E-state index contributed by atoms with van der Waals surface area (Å²) in [6, 6.07) is 8.40. The minimum Gasteiger partial charge on any atom is -0.285 e. The van der Waals surface area contributed by atoms with Crippen molar-refractivity contribution in [2.24, 2.45) is 0 Å². The van der Waals surface area contributed by atoms with Gasteiger partial charge in [-0.3, -0.25) is 4.57 Å². The van der Waals surface area contributed by atoms with Gasteiger partial charge in [-0.2, -0.15) is 0 Å². The van der Waals surface area contributed by atoms with Gasteiger partial charge in [-0.15, -0.1) is 10.2 Å². The molecular formula is C10H9N3. The molecule has 0 radical (unpaired) electrons. The molecule has 1 aromatic heterocycles. The van der Waals surface area contributed by atoms with E-state index in [9.17, 15) is 0 Å². The molecule has 1 aliphatic rings. The Labute approximate surface area is 76.0 Å². The van der Waals surface area contributed by atoms with E-state index in [2.05, 4.69) is 33.0 Å². The van der Waals surface area contributed by atoms with Crippen molar-refractivity contribution in [3.8, 4) is 5.69 Å². The first-order valence-corrected chi connectivity index (χ1v) is 4.42.